The number of hydrogen-bond acceptors (Lipinski definition) is 11. The van der Waals surface area contributed by atoms with Gasteiger partial charge >= 0.3 is 0 Å². The Morgan fingerprint density at radius 2 is 1.49 bits per heavy atom. The summed E-state index contributed by atoms with van der Waals surface area (Å²) >= 11 is 0. The Kier molecular flexibility index (Phi) is 9.46. The van der Waals surface area contributed by atoms with Gasteiger partial charge in [-0.3, -0.25) is 4.98 Å². The molecule has 0 unspecified atom stereocenters. The van der Waals surface area contributed by atoms with Crippen LogP contribution in [0, 0.1) is 11.6 Å². The monoisotopic (exact) mass is 641 g/mol. The number of anilines is 2. The minimum atomic E-state index is -0.688. The number of benzene rings is 3. The molecule has 6 rings (SSSR count). The number of nitrogens with zero attached hydrogens (tertiary/aromatic N) is 4. The van der Waals surface area contributed by atoms with Gasteiger partial charge in [-0.25, -0.2) is 23.7 Å². The maximum atomic E-state index is 15.5. The first kappa shape index (κ1) is 31.3. The standard InChI is InChI=1S/C34H29F2N5O6/c1-43-11-13-45-29-16-23-27(17-30(29)46-14-12-44-2)39-19-40-34(23)47-28-8-7-22(15-25(28)36)41-33-31-26(9-10-37-33)38-18-24(32(31)42)20-3-5-21(35)6-4-20/h3-10,15-19H,11-14H2,1-2H3,(H,37,41)(H,38,42). The maximum Gasteiger partial charge on any atom is 0.230 e. The van der Waals surface area contributed by atoms with Crippen molar-refractivity contribution in [2.45, 2.75) is 0 Å². The van der Waals surface area contributed by atoms with E-state index in [0.717, 1.165) is 0 Å². The zero-order chi connectivity index (χ0) is 32.8. The van der Waals surface area contributed by atoms with Crippen molar-refractivity contribution in [3.05, 3.63) is 91.0 Å². The van der Waals surface area contributed by atoms with Crippen LogP contribution < -0.4 is 19.5 Å². The van der Waals surface area contributed by atoms with E-state index in [1.807, 2.05) is 0 Å². The zero-order valence-corrected chi connectivity index (χ0v) is 25.4. The molecule has 13 heteroatoms. The van der Waals surface area contributed by atoms with Gasteiger partial charge in [0.05, 0.1) is 35.0 Å². The predicted molar refractivity (Wildman–Crippen MR) is 171 cm³/mol. The fourth-order valence-electron chi connectivity index (χ4n) is 4.78. The molecule has 6 aromatic rings. The molecule has 0 atom stereocenters. The van der Waals surface area contributed by atoms with E-state index in [2.05, 4.69) is 25.3 Å². The molecule has 0 bridgehead atoms. The van der Waals surface area contributed by atoms with Crippen molar-refractivity contribution in [1.82, 2.24) is 19.9 Å². The molecule has 3 heterocycles. The second-order valence-electron chi connectivity index (χ2n) is 10.1. The molecule has 0 aliphatic carbocycles. The largest absolute Gasteiger partial charge is 0.506 e. The number of hydrogen-bond donors (Lipinski definition) is 2. The van der Waals surface area contributed by atoms with Gasteiger partial charge in [-0.05, 0) is 42.0 Å². The van der Waals surface area contributed by atoms with E-state index in [4.69, 9.17) is 23.7 Å². The van der Waals surface area contributed by atoms with Crippen molar-refractivity contribution >= 4 is 33.3 Å². The second-order valence-corrected chi connectivity index (χ2v) is 10.1. The molecule has 0 saturated heterocycles. The third kappa shape index (κ3) is 6.95. The molecular weight excluding hydrogens is 612 g/mol. The van der Waals surface area contributed by atoms with Crippen LogP contribution in [0.3, 0.4) is 0 Å². The Balaban J connectivity index is 1.28. The van der Waals surface area contributed by atoms with Crippen molar-refractivity contribution in [1.29, 1.82) is 0 Å². The highest BCUT2D eigenvalue weighted by molar-refractivity contribution is 6.00. The van der Waals surface area contributed by atoms with Crippen LogP contribution in [0.5, 0.6) is 28.9 Å². The normalized spacial score (nSPS) is 11.1. The third-order valence-corrected chi connectivity index (χ3v) is 7.06. The Hall–Kier alpha value is -5.66. The van der Waals surface area contributed by atoms with Crippen LogP contribution in [0.1, 0.15) is 0 Å². The summed E-state index contributed by atoms with van der Waals surface area (Å²) in [4.78, 5) is 17.3. The Bertz CT molecular complexity index is 2030. The van der Waals surface area contributed by atoms with Crippen LogP contribution in [0.25, 0.3) is 32.9 Å². The highest BCUT2D eigenvalue weighted by atomic mass is 19.1. The number of halogens is 2. The van der Waals surface area contributed by atoms with Crippen LogP contribution in [-0.4, -0.2) is 65.7 Å². The van der Waals surface area contributed by atoms with Gasteiger partial charge in [0.15, 0.2) is 23.1 Å². The zero-order valence-electron chi connectivity index (χ0n) is 25.4. The molecule has 0 amide bonds. The topological polar surface area (TPSA) is 130 Å². The summed E-state index contributed by atoms with van der Waals surface area (Å²) < 4.78 is 56.7. The van der Waals surface area contributed by atoms with Crippen molar-refractivity contribution in [3.63, 3.8) is 0 Å². The van der Waals surface area contributed by atoms with E-state index in [1.165, 1.54) is 43.0 Å². The highest BCUT2D eigenvalue weighted by Gasteiger charge is 2.18. The minimum absolute atomic E-state index is 0.0909. The average Bonchev–Trinajstić information content (AvgIpc) is 3.07. The molecule has 2 N–H and O–H groups in total. The molecule has 11 nitrogen and oxygen atoms in total. The summed E-state index contributed by atoms with van der Waals surface area (Å²) in [7, 11) is 3.15. The lowest BCUT2D eigenvalue weighted by Crippen LogP contribution is -2.09. The summed E-state index contributed by atoms with van der Waals surface area (Å²) in [6.45, 7) is 1.30. The number of aromatic nitrogens is 4. The van der Waals surface area contributed by atoms with E-state index in [-0.39, 0.29) is 29.8 Å². The lowest BCUT2D eigenvalue weighted by molar-refractivity contribution is 0.132. The first-order chi connectivity index (χ1) is 22.9. The molecule has 0 aliphatic rings. The number of pyridine rings is 2. The highest BCUT2D eigenvalue weighted by Crippen LogP contribution is 2.40. The summed E-state index contributed by atoms with van der Waals surface area (Å²) in [6, 6.07) is 14.9. The lowest BCUT2D eigenvalue weighted by atomic mass is 10.0. The fraction of sp³-hybridized carbons (Fsp3) is 0.176. The van der Waals surface area contributed by atoms with Crippen molar-refractivity contribution < 1.29 is 37.6 Å². The fourth-order valence-corrected chi connectivity index (χ4v) is 4.78. The number of rotatable bonds is 13. The summed E-state index contributed by atoms with van der Waals surface area (Å²) in [5.74, 6) is -0.0726. The van der Waals surface area contributed by atoms with Gasteiger partial charge in [-0.15, -0.1) is 0 Å². The summed E-state index contributed by atoms with van der Waals surface area (Å²) in [5.41, 5.74) is 2.25. The molecule has 0 saturated carbocycles. The van der Waals surface area contributed by atoms with Crippen LogP contribution in [0.4, 0.5) is 20.3 Å². The molecule has 0 fully saturated rings. The number of fused-ring (bicyclic) bond motifs is 2. The van der Waals surface area contributed by atoms with Gasteiger partial charge in [0, 0.05) is 50.0 Å². The maximum absolute atomic E-state index is 15.5. The number of ether oxygens (including phenoxy) is 5. The SMILES string of the molecule is COCCOc1cc2ncnc(Oc3ccc(Nc4nccc5ncc(-c6ccc(F)cc6)c(O)c45)cc3F)c2cc1OCCOC. The quantitative estimate of drug-likeness (QED) is 0.129. The van der Waals surface area contributed by atoms with Crippen LogP contribution >= 0.6 is 0 Å². The van der Waals surface area contributed by atoms with Gasteiger partial charge in [-0.1, -0.05) is 12.1 Å². The predicted octanol–water partition coefficient (Wildman–Crippen LogP) is 6.81. The number of methoxy groups -OCH3 is 2. The minimum Gasteiger partial charge on any atom is -0.506 e. The van der Waals surface area contributed by atoms with Crippen LogP contribution in [0.15, 0.2) is 79.4 Å². The van der Waals surface area contributed by atoms with Crippen molar-refractivity contribution in [2.75, 3.05) is 46.0 Å². The molecule has 240 valence electrons. The molecule has 3 aromatic heterocycles. The summed E-state index contributed by atoms with van der Waals surface area (Å²) in [5, 5.41) is 15.0. The first-order valence-corrected chi connectivity index (χ1v) is 14.4. The van der Waals surface area contributed by atoms with Gasteiger partial charge < -0.3 is 34.1 Å². The third-order valence-electron chi connectivity index (χ3n) is 7.06. The van der Waals surface area contributed by atoms with Crippen LogP contribution in [0.2, 0.25) is 0 Å². The van der Waals surface area contributed by atoms with E-state index in [9.17, 15) is 9.50 Å². The summed E-state index contributed by atoms with van der Waals surface area (Å²) in [6.07, 6.45) is 4.33. The van der Waals surface area contributed by atoms with Crippen molar-refractivity contribution in [2.24, 2.45) is 0 Å². The lowest BCUT2D eigenvalue weighted by Gasteiger charge is -2.15. The van der Waals surface area contributed by atoms with Gasteiger partial charge in [-0.2, -0.15) is 0 Å². The molecule has 0 spiro atoms. The van der Waals surface area contributed by atoms with Gasteiger partial charge in [0.25, 0.3) is 0 Å². The van der Waals surface area contributed by atoms with E-state index >= 15 is 4.39 Å². The van der Waals surface area contributed by atoms with Crippen molar-refractivity contribution in [3.8, 4) is 40.0 Å². The smallest absolute Gasteiger partial charge is 0.230 e. The van der Waals surface area contributed by atoms with Gasteiger partial charge in [0.2, 0.25) is 5.88 Å². The molecule has 0 radical (unpaired) electrons. The Morgan fingerprint density at radius 3 is 2.21 bits per heavy atom. The molecular formula is C34H29F2N5O6. The Morgan fingerprint density at radius 1 is 0.745 bits per heavy atom. The average molecular weight is 642 g/mol. The second kappa shape index (κ2) is 14.2. The molecule has 3 aromatic carbocycles. The van der Waals surface area contributed by atoms with E-state index < -0.39 is 11.6 Å². The van der Waals surface area contributed by atoms with E-state index in [0.29, 0.717) is 69.9 Å². The molecule has 0 aliphatic heterocycles. The number of aromatic hydroxyl groups is 1. The number of nitrogens with one attached hydrogen (secondary N) is 1. The van der Waals surface area contributed by atoms with Gasteiger partial charge in [0.1, 0.15) is 36.9 Å². The Labute approximate surface area is 267 Å². The molecule has 47 heavy (non-hydrogen) atoms. The van der Waals surface area contributed by atoms with Crippen LogP contribution in [-0.2, 0) is 9.47 Å². The van der Waals surface area contributed by atoms with E-state index in [1.54, 1.807) is 50.6 Å². The first-order valence-electron chi connectivity index (χ1n) is 14.4.